The summed E-state index contributed by atoms with van der Waals surface area (Å²) in [6, 6.07) is 12.4. The minimum atomic E-state index is 0.178. The smallest absolute Gasteiger partial charge is 0.128 e. The largest absolute Gasteiger partial charge is 0.493 e. The van der Waals surface area contributed by atoms with Crippen LogP contribution in [0.3, 0.4) is 0 Å². The second kappa shape index (κ2) is 10.4. The molecule has 0 aliphatic rings. The zero-order valence-electron chi connectivity index (χ0n) is 14.8. The Labute approximate surface area is 151 Å². The molecule has 0 N–H and O–H groups in total. The van der Waals surface area contributed by atoms with Crippen molar-refractivity contribution in [3.8, 4) is 17.0 Å². The van der Waals surface area contributed by atoms with E-state index in [0.29, 0.717) is 6.61 Å². The van der Waals surface area contributed by atoms with Gasteiger partial charge in [0.1, 0.15) is 5.75 Å². The number of aromatic nitrogens is 1. The summed E-state index contributed by atoms with van der Waals surface area (Å²) in [4.78, 5) is 4.55. The molecule has 2 nitrogen and oxygen atoms in total. The lowest BCUT2D eigenvalue weighted by molar-refractivity contribution is 0.309. The number of para-hydroxylation sites is 1. The molecule has 1 atom stereocenters. The van der Waals surface area contributed by atoms with E-state index in [-0.39, 0.29) is 5.38 Å². The number of hydrogen-bond donors (Lipinski definition) is 0. The van der Waals surface area contributed by atoms with Gasteiger partial charge in [-0.3, -0.25) is 4.98 Å². The molecule has 3 heteroatoms. The lowest BCUT2D eigenvalue weighted by Crippen LogP contribution is -2.06. The van der Waals surface area contributed by atoms with Crippen LogP contribution in [-0.4, -0.2) is 17.0 Å². The second-order valence-corrected chi connectivity index (χ2v) is 6.76. The van der Waals surface area contributed by atoms with E-state index in [2.05, 4.69) is 37.0 Å². The van der Waals surface area contributed by atoms with Crippen molar-refractivity contribution in [1.82, 2.24) is 4.98 Å². The Morgan fingerprint density at radius 3 is 2.75 bits per heavy atom. The monoisotopic (exact) mass is 345 g/mol. The third kappa shape index (κ3) is 5.83. The maximum atomic E-state index is 6.18. The van der Waals surface area contributed by atoms with Crippen molar-refractivity contribution in [2.75, 3.05) is 6.61 Å². The van der Waals surface area contributed by atoms with Crippen molar-refractivity contribution in [2.24, 2.45) is 0 Å². The van der Waals surface area contributed by atoms with Gasteiger partial charge >= 0.3 is 0 Å². The molecule has 1 aromatic carbocycles. The predicted octanol–water partition coefficient (Wildman–Crippen LogP) is 6.27. The van der Waals surface area contributed by atoms with Gasteiger partial charge in [0.05, 0.1) is 12.3 Å². The van der Waals surface area contributed by atoms with Crippen LogP contribution in [0.25, 0.3) is 11.3 Å². The molecule has 0 saturated heterocycles. The Hall–Kier alpha value is -1.54. The maximum Gasteiger partial charge on any atom is 0.128 e. The summed E-state index contributed by atoms with van der Waals surface area (Å²) in [5, 5.41) is 0.178. The molecule has 2 aromatic rings. The van der Waals surface area contributed by atoms with Gasteiger partial charge in [0.2, 0.25) is 0 Å². The number of hydrogen-bond acceptors (Lipinski definition) is 2. The van der Waals surface area contributed by atoms with Crippen LogP contribution < -0.4 is 4.74 Å². The maximum absolute atomic E-state index is 6.18. The van der Waals surface area contributed by atoms with E-state index >= 15 is 0 Å². The van der Waals surface area contributed by atoms with Crippen LogP contribution in [0.4, 0.5) is 0 Å². The third-order valence-electron chi connectivity index (χ3n) is 4.19. The van der Waals surface area contributed by atoms with Gasteiger partial charge in [-0.2, -0.15) is 0 Å². The van der Waals surface area contributed by atoms with E-state index in [1.807, 2.05) is 24.4 Å². The van der Waals surface area contributed by atoms with E-state index in [4.69, 9.17) is 16.3 Å². The van der Waals surface area contributed by atoms with Gasteiger partial charge in [0.15, 0.2) is 0 Å². The number of nitrogens with zero attached hydrogens (tertiary/aromatic N) is 1. The highest BCUT2D eigenvalue weighted by atomic mass is 35.5. The summed E-state index contributed by atoms with van der Waals surface area (Å²) < 4.78 is 5.98. The number of pyridine rings is 1. The standard InChI is InChI=1S/C21H28ClNO/c1-3-5-6-9-17-12-14-23-20(16-17)19-10-7-8-11-21(19)24-15-13-18(22)4-2/h7-8,10-12,14,16,18H,3-6,9,13,15H2,1-2H3. The zero-order valence-corrected chi connectivity index (χ0v) is 15.6. The molecule has 1 unspecified atom stereocenters. The first-order valence-corrected chi connectivity index (χ1v) is 9.49. The third-order valence-corrected chi connectivity index (χ3v) is 4.71. The number of aryl methyl sites for hydroxylation is 1. The molecule has 0 radical (unpaired) electrons. The fraction of sp³-hybridized carbons (Fsp3) is 0.476. The number of benzene rings is 1. The van der Waals surface area contributed by atoms with Crippen LogP contribution >= 0.6 is 11.6 Å². The first kappa shape index (κ1) is 18.8. The van der Waals surface area contributed by atoms with Crippen molar-refractivity contribution < 1.29 is 4.74 Å². The Kier molecular flexibility index (Phi) is 8.11. The highest BCUT2D eigenvalue weighted by Crippen LogP contribution is 2.29. The molecular formula is C21H28ClNO. The molecule has 0 saturated carbocycles. The van der Waals surface area contributed by atoms with Gasteiger partial charge in [-0.1, -0.05) is 38.8 Å². The minimum absolute atomic E-state index is 0.178. The van der Waals surface area contributed by atoms with E-state index in [9.17, 15) is 0 Å². The van der Waals surface area contributed by atoms with E-state index in [1.54, 1.807) is 0 Å². The number of unbranched alkanes of at least 4 members (excludes halogenated alkanes) is 2. The number of alkyl halides is 1. The van der Waals surface area contributed by atoms with Crippen molar-refractivity contribution in [3.63, 3.8) is 0 Å². The van der Waals surface area contributed by atoms with Crippen LogP contribution in [0.2, 0.25) is 0 Å². The summed E-state index contributed by atoms with van der Waals surface area (Å²) in [6.45, 7) is 4.96. The fourth-order valence-corrected chi connectivity index (χ4v) is 2.75. The van der Waals surface area contributed by atoms with Gasteiger partial charge in [-0.05, 0) is 55.5 Å². The number of ether oxygens (including phenoxy) is 1. The lowest BCUT2D eigenvalue weighted by atomic mass is 10.0. The number of halogens is 1. The molecule has 0 spiro atoms. The fourth-order valence-electron chi connectivity index (χ4n) is 2.66. The van der Waals surface area contributed by atoms with E-state index in [1.165, 1.54) is 24.8 Å². The lowest BCUT2D eigenvalue weighted by Gasteiger charge is -2.13. The highest BCUT2D eigenvalue weighted by Gasteiger charge is 2.09. The van der Waals surface area contributed by atoms with Crippen LogP contribution in [0, 0.1) is 0 Å². The first-order valence-electron chi connectivity index (χ1n) is 9.05. The van der Waals surface area contributed by atoms with Gasteiger partial charge < -0.3 is 4.74 Å². The summed E-state index contributed by atoms with van der Waals surface area (Å²) in [5.41, 5.74) is 3.38. The van der Waals surface area contributed by atoms with Crippen molar-refractivity contribution in [1.29, 1.82) is 0 Å². The summed E-state index contributed by atoms with van der Waals surface area (Å²) in [5.74, 6) is 0.885. The molecule has 1 aromatic heterocycles. The Bertz CT molecular complexity index is 614. The van der Waals surface area contributed by atoms with Crippen LogP contribution in [0.15, 0.2) is 42.6 Å². The normalized spacial score (nSPS) is 12.1. The molecule has 0 bridgehead atoms. The van der Waals surface area contributed by atoms with E-state index < -0.39 is 0 Å². The molecule has 130 valence electrons. The average Bonchev–Trinajstić information content (AvgIpc) is 2.62. The molecular weight excluding hydrogens is 318 g/mol. The number of rotatable bonds is 10. The van der Waals surface area contributed by atoms with E-state index in [0.717, 1.165) is 36.3 Å². The average molecular weight is 346 g/mol. The Balaban J connectivity index is 2.09. The molecule has 24 heavy (non-hydrogen) atoms. The molecule has 2 rings (SSSR count). The van der Waals surface area contributed by atoms with Crippen molar-refractivity contribution in [3.05, 3.63) is 48.2 Å². The predicted molar refractivity (Wildman–Crippen MR) is 103 cm³/mol. The van der Waals surface area contributed by atoms with Crippen LogP contribution in [-0.2, 0) is 6.42 Å². The van der Waals surface area contributed by atoms with Gasteiger partial charge in [-0.25, -0.2) is 0 Å². The second-order valence-electron chi connectivity index (χ2n) is 6.15. The minimum Gasteiger partial charge on any atom is -0.493 e. The summed E-state index contributed by atoms with van der Waals surface area (Å²) >= 11 is 6.18. The SMILES string of the molecule is CCCCCc1ccnc(-c2ccccc2OCCC(Cl)CC)c1. The van der Waals surface area contributed by atoms with Gasteiger partial charge in [-0.15, -0.1) is 11.6 Å². The Morgan fingerprint density at radius 2 is 1.96 bits per heavy atom. The summed E-state index contributed by atoms with van der Waals surface area (Å²) in [7, 11) is 0. The summed E-state index contributed by atoms with van der Waals surface area (Å²) in [6.07, 6.45) is 8.58. The van der Waals surface area contributed by atoms with Gasteiger partial charge in [0.25, 0.3) is 0 Å². The molecule has 0 aliphatic heterocycles. The highest BCUT2D eigenvalue weighted by molar-refractivity contribution is 6.20. The quantitative estimate of drug-likeness (QED) is 0.374. The van der Waals surface area contributed by atoms with Crippen LogP contribution in [0.1, 0.15) is 51.5 Å². The molecule has 0 aliphatic carbocycles. The molecule has 1 heterocycles. The molecule has 0 fully saturated rings. The van der Waals surface area contributed by atoms with Crippen molar-refractivity contribution >= 4 is 11.6 Å². The van der Waals surface area contributed by atoms with Gasteiger partial charge in [0, 0.05) is 17.1 Å². The molecule has 0 amide bonds. The zero-order chi connectivity index (χ0) is 17.2. The van der Waals surface area contributed by atoms with Crippen LogP contribution in [0.5, 0.6) is 5.75 Å². The Morgan fingerprint density at radius 1 is 1.12 bits per heavy atom. The topological polar surface area (TPSA) is 22.1 Å². The van der Waals surface area contributed by atoms with Crippen molar-refractivity contribution in [2.45, 2.75) is 57.7 Å². The first-order chi connectivity index (χ1) is 11.7.